The van der Waals surface area contributed by atoms with Crippen LogP contribution in [0.1, 0.15) is 51.2 Å². The molecule has 1 atom stereocenters. The van der Waals surface area contributed by atoms with Crippen molar-refractivity contribution in [2.45, 2.75) is 52.0 Å². The number of hydrogen-bond acceptors (Lipinski definition) is 9. The molecule has 212 valence electrons. The van der Waals surface area contributed by atoms with Gasteiger partial charge in [-0.3, -0.25) is 14.9 Å². The normalized spacial score (nSPS) is 15.3. The van der Waals surface area contributed by atoms with Gasteiger partial charge in [0.15, 0.2) is 0 Å². The lowest BCUT2D eigenvalue weighted by Gasteiger charge is -2.32. The van der Waals surface area contributed by atoms with E-state index in [0.717, 1.165) is 0 Å². The molecule has 1 amide bonds. The summed E-state index contributed by atoms with van der Waals surface area (Å²) in [6.07, 6.45) is 0.447. The zero-order valence-corrected chi connectivity index (χ0v) is 23.1. The Morgan fingerprint density at radius 2 is 1.77 bits per heavy atom. The summed E-state index contributed by atoms with van der Waals surface area (Å²) in [6.45, 7) is 6.70. The van der Waals surface area contributed by atoms with E-state index in [-0.39, 0.29) is 41.5 Å². The van der Waals surface area contributed by atoms with Crippen molar-refractivity contribution in [1.29, 1.82) is 0 Å². The minimum absolute atomic E-state index is 0.0636. The first-order valence-electron chi connectivity index (χ1n) is 12.7. The van der Waals surface area contributed by atoms with Crippen molar-refractivity contribution in [3.63, 3.8) is 0 Å². The minimum Gasteiger partial charge on any atom is -0.508 e. The maximum Gasteiger partial charge on any atom is 0.336 e. The monoisotopic (exact) mass is 551 g/mol. The molecule has 1 aliphatic heterocycles. The molecule has 0 aromatic heterocycles. The molecule has 0 spiro atoms. The number of nitrogens with zero attached hydrogens (tertiary/aromatic N) is 1. The second-order valence-corrected chi connectivity index (χ2v) is 10.0. The van der Waals surface area contributed by atoms with Crippen LogP contribution in [0.3, 0.4) is 0 Å². The summed E-state index contributed by atoms with van der Waals surface area (Å²) in [5, 5.41) is 26.8. The van der Waals surface area contributed by atoms with E-state index in [1.807, 2.05) is 6.92 Å². The highest BCUT2D eigenvalue weighted by atomic mass is 16.6. The number of phenols is 1. The Balaban J connectivity index is 1.88. The van der Waals surface area contributed by atoms with E-state index in [2.05, 4.69) is 10.6 Å². The van der Waals surface area contributed by atoms with Crippen molar-refractivity contribution in [1.82, 2.24) is 10.6 Å². The molecule has 3 N–H and O–H groups in total. The smallest absolute Gasteiger partial charge is 0.336 e. The zero-order chi connectivity index (χ0) is 29.6. The van der Waals surface area contributed by atoms with Crippen LogP contribution in [0.5, 0.6) is 5.75 Å². The van der Waals surface area contributed by atoms with Crippen LogP contribution < -0.4 is 10.6 Å². The number of non-ortho nitro benzene ring substituents is 1. The van der Waals surface area contributed by atoms with Gasteiger partial charge < -0.3 is 25.2 Å². The molecule has 0 saturated carbocycles. The molecule has 1 unspecified atom stereocenters. The molecular weight excluding hydrogens is 518 g/mol. The van der Waals surface area contributed by atoms with E-state index < -0.39 is 28.3 Å². The minimum atomic E-state index is -0.983. The van der Waals surface area contributed by atoms with Gasteiger partial charge in [0.05, 0.1) is 41.1 Å². The number of carbonyl (C=O) groups is 3. The second kappa shape index (κ2) is 12.5. The number of hydrogen-bond donors (Lipinski definition) is 3. The number of nitrogens with one attached hydrogen (secondary N) is 2. The number of allylic oxidation sites excluding steroid dienone is 2. The number of amides is 1. The first kappa shape index (κ1) is 29.9. The standard InChI is InChI=1S/C29H33N3O8/c1-6-22-26(28(36)40-16-29(3,4)31-23(34)14-18-10-12-21(33)13-11-18)25(24(17(2)30-22)27(35)39-5)19-8-7-9-20(15-19)32(37)38/h7-13,15,25,30,33H,6,14,16H2,1-5H3,(H,31,34). The number of phenolic OH excluding ortho intramolecular Hbond substituents is 1. The predicted octanol–water partition coefficient (Wildman–Crippen LogP) is 3.78. The molecule has 2 aromatic carbocycles. The van der Waals surface area contributed by atoms with Crippen LogP contribution in [0.25, 0.3) is 0 Å². The fourth-order valence-corrected chi connectivity index (χ4v) is 4.53. The summed E-state index contributed by atoms with van der Waals surface area (Å²) in [7, 11) is 1.22. The number of benzene rings is 2. The Hall–Kier alpha value is -4.67. The van der Waals surface area contributed by atoms with Crippen molar-refractivity contribution >= 4 is 23.5 Å². The summed E-state index contributed by atoms with van der Waals surface area (Å²) in [6, 6.07) is 12.0. The fraction of sp³-hybridized carbons (Fsp3) is 0.345. The summed E-state index contributed by atoms with van der Waals surface area (Å²) in [5.41, 5.74) is 1.13. The van der Waals surface area contributed by atoms with Crippen LogP contribution in [0, 0.1) is 10.1 Å². The lowest BCUT2D eigenvalue weighted by atomic mass is 9.79. The summed E-state index contributed by atoms with van der Waals surface area (Å²) in [5.74, 6) is -2.62. The highest BCUT2D eigenvalue weighted by Crippen LogP contribution is 2.40. The molecule has 0 bridgehead atoms. The summed E-state index contributed by atoms with van der Waals surface area (Å²) < 4.78 is 10.7. The molecule has 11 nitrogen and oxygen atoms in total. The topological polar surface area (TPSA) is 157 Å². The average molecular weight is 552 g/mol. The third-order valence-corrected chi connectivity index (χ3v) is 6.38. The predicted molar refractivity (Wildman–Crippen MR) is 146 cm³/mol. The van der Waals surface area contributed by atoms with Crippen molar-refractivity contribution in [2.24, 2.45) is 0 Å². The SMILES string of the molecule is CCC1=C(C(=O)OCC(C)(C)NC(=O)Cc2ccc(O)cc2)C(c2cccc([N+](=O)[O-])c2)C(C(=O)OC)=C(C)N1. The lowest BCUT2D eigenvalue weighted by Crippen LogP contribution is -2.48. The summed E-state index contributed by atoms with van der Waals surface area (Å²) >= 11 is 0. The van der Waals surface area contributed by atoms with E-state index in [1.165, 1.54) is 37.4 Å². The Labute approximate surface area is 232 Å². The van der Waals surface area contributed by atoms with E-state index in [4.69, 9.17) is 9.47 Å². The van der Waals surface area contributed by atoms with Gasteiger partial charge in [0, 0.05) is 23.5 Å². The number of carbonyl (C=O) groups excluding carboxylic acids is 3. The summed E-state index contributed by atoms with van der Waals surface area (Å²) in [4.78, 5) is 50.0. The highest BCUT2D eigenvalue weighted by Gasteiger charge is 2.39. The third kappa shape index (κ3) is 7.04. The number of aromatic hydroxyl groups is 1. The number of rotatable bonds is 10. The molecule has 11 heteroatoms. The lowest BCUT2D eigenvalue weighted by molar-refractivity contribution is -0.384. The van der Waals surface area contributed by atoms with Crippen molar-refractivity contribution in [3.05, 3.63) is 92.3 Å². The molecule has 1 heterocycles. The Morgan fingerprint density at radius 3 is 2.38 bits per heavy atom. The van der Waals surface area contributed by atoms with Gasteiger partial charge in [-0.05, 0) is 50.5 Å². The van der Waals surface area contributed by atoms with Crippen LogP contribution in [0.2, 0.25) is 0 Å². The Morgan fingerprint density at radius 1 is 1.10 bits per heavy atom. The van der Waals surface area contributed by atoms with Gasteiger partial charge >= 0.3 is 11.9 Å². The number of ether oxygens (including phenoxy) is 2. The van der Waals surface area contributed by atoms with Gasteiger partial charge in [0.1, 0.15) is 12.4 Å². The molecule has 0 radical (unpaired) electrons. The largest absolute Gasteiger partial charge is 0.508 e. The van der Waals surface area contributed by atoms with E-state index in [1.54, 1.807) is 39.0 Å². The molecule has 2 aromatic rings. The highest BCUT2D eigenvalue weighted by molar-refractivity contribution is 6.00. The maximum atomic E-state index is 13.6. The third-order valence-electron chi connectivity index (χ3n) is 6.38. The Kier molecular flexibility index (Phi) is 9.31. The van der Waals surface area contributed by atoms with E-state index in [0.29, 0.717) is 28.9 Å². The number of nitro benzene ring substituents is 1. The zero-order valence-electron chi connectivity index (χ0n) is 23.1. The Bertz CT molecular complexity index is 1380. The number of nitro groups is 1. The van der Waals surface area contributed by atoms with Crippen molar-refractivity contribution in [3.8, 4) is 5.75 Å². The number of dihydropyridines is 1. The van der Waals surface area contributed by atoms with Gasteiger partial charge in [-0.2, -0.15) is 0 Å². The van der Waals surface area contributed by atoms with Gasteiger partial charge in [-0.25, -0.2) is 9.59 Å². The van der Waals surface area contributed by atoms with Gasteiger partial charge in [0.25, 0.3) is 5.69 Å². The average Bonchev–Trinajstić information content (AvgIpc) is 2.91. The fourth-order valence-electron chi connectivity index (χ4n) is 4.53. The number of esters is 2. The van der Waals surface area contributed by atoms with Crippen LogP contribution in [0.15, 0.2) is 71.1 Å². The molecular formula is C29H33N3O8. The molecule has 40 heavy (non-hydrogen) atoms. The van der Waals surface area contributed by atoms with Crippen LogP contribution in [-0.4, -0.2) is 47.1 Å². The van der Waals surface area contributed by atoms with E-state index >= 15 is 0 Å². The van der Waals surface area contributed by atoms with Gasteiger partial charge in [0.2, 0.25) is 5.91 Å². The second-order valence-electron chi connectivity index (χ2n) is 10.0. The van der Waals surface area contributed by atoms with Crippen molar-refractivity contribution < 1.29 is 33.9 Å². The molecule has 0 saturated heterocycles. The number of methoxy groups -OCH3 is 1. The first-order valence-corrected chi connectivity index (χ1v) is 12.7. The van der Waals surface area contributed by atoms with Gasteiger partial charge in [-0.15, -0.1) is 0 Å². The van der Waals surface area contributed by atoms with Crippen LogP contribution >= 0.6 is 0 Å². The molecule has 1 aliphatic rings. The molecule has 0 fully saturated rings. The van der Waals surface area contributed by atoms with Crippen molar-refractivity contribution in [2.75, 3.05) is 13.7 Å². The van der Waals surface area contributed by atoms with Crippen LogP contribution in [-0.2, 0) is 30.3 Å². The first-order chi connectivity index (χ1) is 18.9. The molecule has 3 rings (SSSR count). The van der Waals surface area contributed by atoms with Gasteiger partial charge in [-0.1, -0.05) is 31.2 Å². The maximum absolute atomic E-state index is 13.6. The molecule has 0 aliphatic carbocycles. The quantitative estimate of drug-likeness (QED) is 0.227. The van der Waals surface area contributed by atoms with Crippen LogP contribution in [0.4, 0.5) is 5.69 Å². The van der Waals surface area contributed by atoms with E-state index in [9.17, 15) is 29.6 Å².